The molecule has 0 fully saturated rings. The molecule has 1 unspecified atom stereocenters. The van der Waals surface area contributed by atoms with Crippen LogP contribution in [0.2, 0.25) is 0 Å². The lowest BCUT2D eigenvalue weighted by Gasteiger charge is -2.10. The van der Waals surface area contributed by atoms with E-state index in [1.807, 2.05) is 0 Å². The van der Waals surface area contributed by atoms with Gasteiger partial charge in [0.15, 0.2) is 5.00 Å². The molecule has 0 aliphatic heterocycles. The van der Waals surface area contributed by atoms with Crippen molar-refractivity contribution in [3.8, 4) is 0 Å². The van der Waals surface area contributed by atoms with Crippen LogP contribution >= 0.6 is 11.3 Å². The summed E-state index contributed by atoms with van der Waals surface area (Å²) >= 11 is 0.675. The fourth-order valence-electron chi connectivity index (χ4n) is 1.59. The average Bonchev–Trinajstić information content (AvgIpc) is 3.07. The Morgan fingerprint density at radius 3 is 2.76 bits per heavy atom. The van der Waals surface area contributed by atoms with E-state index in [0.717, 1.165) is 6.07 Å². The number of hydrazine groups is 1. The maximum Gasteiger partial charge on any atom is 0.306 e. The largest absolute Gasteiger partial charge is 0.347 e. The first kappa shape index (κ1) is 15.4. The molecule has 2 aromatic rings. The monoisotopic (exact) mass is 332 g/mol. The standard InChI is InChI=1S/C9H12N6O4S2/c1-5(8-11-2-3-12-8)14-21(18,19)7-4-6(15(16)17)9(13-10)20-7/h2-5,13-14H,10H2,1H3,(H,11,12). The molecule has 2 rings (SSSR count). The van der Waals surface area contributed by atoms with Crippen LogP contribution in [-0.2, 0) is 10.0 Å². The van der Waals surface area contributed by atoms with Gasteiger partial charge in [-0.3, -0.25) is 10.1 Å². The van der Waals surface area contributed by atoms with E-state index in [1.54, 1.807) is 13.1 Å². The zero-order valence-corrected chi connectivity index (χ0v) is 12.4. The number of hydrogen-bond donors (Lipinski definition) is 4. The summed E-state index contributed by atoms with van der Waals surface area (Å²) in [5.41, 5.74) is 1.72. The van der Waals surface area contributed by atoms with Crippen LogP contribution in [0.15, 0.2) is 22.7 Å². The molecule has 0 radical (unpaired) electrons. The van der Waals surface area contributed by atoms with Gasteiger partial charge in [-0.1, -0.05) is 11.3 Å². The first-order valence-electron chi connectivity index (χ1n) is 5.61. The fraction of sp³-hybridized carbons (Fsp3) is 0.222. The lowest BCUT2D eigenvalue weighted by molar-refractivity contribution is -0.383. The number of aromatic nitrogens is 2. The molecule has 114 valence electrons. The molecule has 0 bridgehead atoms. The number of nitrogens with zero attached hydrogens (tertiary/aromatic N) is 2. The Kier molecular flexibility index (Phi) is 4.22. The molecule has 2 heterocycles. The van der Waals surface area contributed by atoms with Crippen molar-refractivity contribution in [1.82, 2.24) is 14.7 Å². The number of nitrogen functional groups attached to an aromatic ring is 1. The summed E-state index contributed by atoms with van der Waals surface area (Å²) in [6, 6.07) is 0.345. The van der Waals surface area contributed by atoms with Gasteiger partial charge >= 0.3 is 5.69 Å². The van der Waals surface area contributed by atoms with Crippen molar-refractivity contribution < 1.29 is 13.3 Å². The molecule has 0 spiro atoms. The van der Waals surface area contributed by atoms with Gasteiger partial charge in [-0.15, -0.1) is 0 Å². The summed E-state index contributed by atoms with van der Waals surface area (Å²) in [6.07, 6.45) is 3.05. The van der Waals surface area contributed by atoms with E-state index < -0.39 is 26.7 Å². The van der Waals surface area contributed by atoms with E-state index in [2.05, 4.69) is 20.1 Å². The highest BCUT2D eigenvalue weighted by Gasteiger charge is 2.27. The number of thiophene rings is 1. The number of nitrogens with two attached hydrogens (primary N) is 1. The zero-order chi connectivity index (χ0) is 15.6. The lowest BCUT2D eigenvalue weighted by atomic mass is 10.3. The van der Waals surface area contributed by atoms with Crippen molar-refractivity contribution in [3.05, 3.63) is 34.4 Å². The van der Waals surface area contributed by atoms with Crippen molar-refractivity contribution in [2.45, 2.75) is 17.2 Å². The molecule has 1 atom stereocenters. The third-order valence-electron chi connectivity index (χ3n) is 2.54. The summed E-state index contributed by atoms with van der Waals surface area (Å²) in [7, 11) is -3.92. The van der Waals surface area contributed by atoms with Gasteiger partial charge in [0.05, 0.1) is 11.0 Å². The molecule has 2 aromatic heterocycles. The van der Waals surface area contributed by atoms with Crippen LogP contribution in [0.1, 0.15) is 18.8 Å². The third kappa shape index (κ3) is 3.18. The van der Waals surface area contributed by atoms with E-state index in [-0.39, 0.29) is 9.21 Å². The summed E-state index contributed by atoms with van der Waals surface area (Å²) < 4.78 is 26.6. The third-order valence-corrected chi connectivity index (χ3v) is 5.61. The van der Waals surface area contributed by atoms with Crippen LogP contribution in [0.5, 0.6) is 0 Å². The minimum Gasteiger partial charge on any atom is -0.347 e. The predicted molar refractivity (Wildman–Crippen MR) is 76.1 cm³/mol. The van der Waals surface area contributed by atoms with E-state index >= 15 is 0 Å². The fourth-order valence-corrected chi connectivity index (χ4v) is 4.05. The summed E-state index contributed by atoms with van der Waals surface area (Å²) in [5.74, 6) is 5.58. The molecule has 21 heavy (non-hydrogen) atoms. The highest BCUT2D eigenvalue weighted by atomic mass is 32.2. The van der Waals surface area contributed by atoms with Gasteiger partial charge in [0.25, 0.3) is 10.0 Å². The first-order chi connectivity index (χ1) is 9.85. The average molecular weight is 332 g/mol. The van der Waals surface area contributed by atoms with Gasteiger partial charge < -0.3 is 10.4 Å². The number of aromatic amines is 1. The lowest BCUT2D eigenvalue weighted by Crippen LogP contribution is -2.26. The van der Waals surface area contributed by atoms with E-state index in [1.165, 1.54) is 6.20 Å². The van der Waals surface area contributed by atoms with Gasteiger partial charge in [0.2, 0.25) is 0 Å². The minimum atomic E-state index is -3.92. The predicted octanol–water partition coefficient (Wildman–Crippen LogP) is 0.704. The van der Waals surface area contributed by atoms with Crippen molar-refractivity contribution in [3.63, 3.8) is 0 Å². The quantitative estimate of drug-likeness (QED) is 0.344. The summed E-state index contributed by atoms with van der Waals surface area (Å²) in [5, 5.41) is 10.8. The zero-order valence-electron chi connectivity index (χ0n) is 10.7. The van der Waals surface area contributed by atoms with Crippen LogP contribution in [0.25, 0.3) is 0 Å². The Labute approximate surface area is 123 Å². The van der Waals surface area contributed by atoms with Gasteiger partial charge in [-0.25, -0.2) is 24.0 Å². The van der Waals surface area contributed by atoms with Crippen molar-refractivity contribution in [2.75, 3.05) is 5.43 Å². The second kappa shape index (κ2) is 5.77. The van der Waals surface area contributed by atoms with E-state index in [0.29, 0.717) is 17.2 Å². The number of H-pyrrole nitrogens is 1. The molecular formula is C9H12N6O4S2. The van der Waals surface area contributed by atoms with Crippen molar-refractivity contribution >= 4 is 32.0 Å². The number of anilines is 1. The van der Waals surface area contributed by atoms with Gasteiger partial charge in [0, 0.05) is 18.5 Å². The Hall–Kier alpha value is -2.02. The van der Waals surface area contributed by atoms with Crippen molar-refractivity contribution in [2.24, 2.45) is 5.84 Å². The van der Waals surface area contributed by atoms with E-state index in [4.69, 9.17) is 5.84 Å². The van der Waals surface area contributed by atoms with Crippen LogP contribution in [0.3, 0.4) is 0 Å². The summed E-state index contributed by atoms with van der Waals surface area (Å²) in [4.78, 5) is 16.8. The van der Waals surface area contributed by atoms with Crippen LogP contribution in [0.4, 0.5) is 10.7 Å². The van der Waals surface area contributed by atoms with Gasteiger partial charge in [0.1, 0.15) is 10.0 Å². The minimum absolute atomic E-state index is 0.0361. The Balaban J connectivity index is 2.29. The normalized spacial score (nSPS) is 13.0. The van der Waals surface area contributed by atoms with Crippen LogP contribution in [0, 0.1) is 10.1 Å². The number of nitrogens with one attached hydrogen (secondary N) is 3. The maximum absolute atomic E-state index is 12.2. The number of rotatable bonds is 6. The maximum atomic E-state index is 12.2. The van der Waals surface area contributed by atoms with Crippen molar-refractivity contribution in [1.29, 1.82) is 0 Å². The molecule has 0 aliphatic carbocycles. The number of nitro groups is 1. The molecule has 10 nitrogen and oxygen atoms in total. The molecule has 0 aliphatic rings. The second-order valence-corrected chi connectivity index (χ2v) is 6.99. The highest BCUT2D eigenvalue weighted by molar-refractivity contribution is 7.91. The van der Waals surface area contributed by atoms with Gasteiger partial charge in [-0.2, -0.15) is 0 Å². The molecular weight excluding hydrogens is 320 g/mol. The number of sulfonamides is 1. The van der Waals surface area contributed by atoms with Crippen LogP contribution in [-0.4, -0.2) is 23.3 Å². The molecule has 0 aromatic carbocycles. The smallest absolute Gasteiger partial charge is 0.306 e. The second-order valence-electron chi connectivity index (χ2n) is 4.00. The Bertz CT molecular complexity index is 738. The molecule has 12 heteroatoms. The Morgan fingerprint density at radius 2 is 2.29 bits per heavy atom. The number of hydrogen-bond acceptors (Lipinski definition) is 8. The topological polar surface area (TPSA) is 156 Å². The SMILES string of the molecule is CC(NS(=O)(=O)c1cc([N+](=O)[O-])c(NN)s1)c1ncc[nH]1. The first-order valence-corrected chi connectivity index (χ1v) is 7.91. The number of imidazole rings is 1. The molecule has 0 amide bonds. The molecule has 0 saturated heterocycles. The van der Waals surface area contributed by atoms with Crippen LogP contribution < -0.4 is 16.0 Å². The van der Waals surface area contributed by atoms with Gasteiger partial charge in [-0.05, 0) is 6.92 Å². The molecule has 5 N–H and O–H groups in total. The van der Waals surface area contributed by atoms with E-state index in [9.17, 15) is 18.5 Å². The highest BCUT2D eigenvalue weighted by Crippen LogP contribution is 2.36. The summed E-state index contributed by atoms with van der Waals surface area (Å²) in [6.45, 7) is 1.60. The Morgan fingerprint density at radius 1 is 1.57 bits per heavy atom. The molecule has 0 saturated carbocycles.